The molecule has 4 N–H and O–H groups in total. The number of benzene rings is 2. The van der Waals surface area contributed by atoms with Crippen LogP contribution in [0.3, 0.4) is 0 Å². The van der Waals surface area contributed by atoms with E-state index in [-0.39, 0.29) is 6.61 Å². The van der Waals surface area contributed by atoms with Crippen molar-refractivity contribution in [1.82, 2.24) is 9.62 Å². The Morgan fingerprint density at radius 1 is 1.14 bits per heavy atom. The first-order valence-corrected chi connectivity index (χ1v) is 12.9. The number of nitrogens with one attached hydrogen (secondary N) is 1. The molecule has 35 heavy (non-hydrogen) atoms. The zero-order valence-corrected chi connectivity index (χ0v) is 20.2. The third kappa shape index (κ3) is 5.65. The van der Waals surface area contributed by atoms with Crippen molar-refractivity contribution in [3.05, 3.63) is 46.9 Å². The number of aliphatic hydroxyl groups is 3. The summed E-state index contributed by atoms with van der Waals surface area (Å²) < 4.78 is 33.1. The highest BCUT2D eigenvalue weighted by atomic mass is 32.2. The number of ether oxygens (including phenoxy) is 1. The molecule has 4 rings (SSSR count). The topological polar surface area (TPSA) is 146 Å². The smallest absolute Gasteiger partial charge is 0.251 e. The number of sulfonamides is 1. The molecular weight excluding hydrogens is 472 g/mol. The SMILES string of the molecule is CN1CCN(c2ccc3cc(/C=C(\C#N)S(=O)(=O)N[C@H]4CO[C@H](CO)[C@@H](O)[C@@H]4O)ccc3c2)CC1. The van der Waals surface area contributed by atoms with Gasteiger partial charge in [-0.3, -0.25) is 0 Å². The number of aliphatic hydroxyl groups excluding tert-OH is 3. The molecule has 0 amide bonds. The van der Waals surface area contributed by atoms with E-state index < -0.39 is 45.9 Å². The van der Waals surface area contributed by atoms with Gasteiger partial charge in [-0.2, -0.15) is 5.26 Å². The lowest BCUT2D eigenvalue weighted by atomic mass is 9.99. The standard InChI is InChI=1S/C24H30N4O6S/c1-27-6-8-28(9-7-27)19-5-4-17-10-16(2-3-18(17)12-19)11-20(13-25)35(32,33)26-21-15-34-22(14-29)24(31)23(21)30/h2-5,10-12,21-24,26,29-31H,6-9,14-15H2,1H3/b20-11+/t21-,22+,23+,24+/m0/s1. The lowest BCUT2D eigenvalue weighted by Crippen LogP contribution is -2.59. The molecule has 188 valence electrons. The van der Waals surface area contributed by atoms with E-state index in [1.165, 1.54) is 6.08 Å². The minimum absolute atomic E-state index is 0.257. The quantitative estimate of drug-likeness (QED) is 0.396. The molecule has 0 radical (unpaired) electrons. The first-order chi connectivity index (χ1) is 16.7. The van der Waals surface area contributed by atoms with Gasteiger partial charge in [-0.15, -0.1) is 0 Å². The predicted molar refractivity (Wildman–Crippen MR) is 132 cm³/mol. The van der Waals surface area contributed by atoms with Crippen LogP contribution in [0, 0.1) is 11.3 Å². The van der Waals surface area contributed by atoms with Crippen LogP contribution >= 0.6 is 0 Å². The Morgan fingerprint density at radius 3 is 2.51 bits per heavy atom. The molecule has 11 heteroatoms. The molecule has 2 aromatic rings. The highest BCUT2D eigenvalue weighted by Crippen LogP contribution is 2.25. The molecule has 4 atom stereocenters. The number of nitriles is 1. The van der Waals surface area contributed by atoms with Gasteiger partial charge in [-0.1, -0.05) is 18.2 Å². The Morgan fingerprint density at radius 2 is 1.83 bits per heavy atom. The van der Waals surface area contributed by atoms with Crippen molar-refractivity contribution >= 4 is 32.6 Å². The Kier molecular flexibility index (Phi) is 7.73. The molecule has 0 saturated carbocycles. The number of hydrogen-bond acceptors (Lipinski definition) is 9. The maximum absolute atomic E-state index is 12.8. The number of rotatable bonds is 6. The third-order valence-electron chi connectivity index (χ3n) is 6.53. The van der Waals surface area contributed by atoms with Crippen molar-refractivity contribution < 1.29 is 28.5 Å². The first-order valence-electron chi connectivity index (χ1n) is 11.4. The van der Waals surface area contributed by atoms with Gasteiger partial charge < -0.3 is 29.9 Å². The summed E-state index contributed by atoms with van der Waals surface area (Å²) in [7, 11) is -2.19. The van der Waals surface area contributed by atoms with Gasteiger partial charge in [0.25, 0.3) is 10.0 Å². The van der Waals surface area contributed by atoms with Crippen molar-refractivity contribution in [2.24, 2.45) is 0 Å². The van der Waals surface area contributed by atoms with E-state index in [1.807, 2.05) is 24.3 Å². The second kappa shape index (κ2) is 10.6. The van der Waals surface area contributed by atoms with Crippen LogP contribution in [0.2, 0.25) is 0 Å². The molecule has 2 aromatic carbocycles. The summed E-state index contributed by atoms with van der Waals surface area (Å²) in [5.41, 5.74) is 1.67. The Labute approximate surface area is 204 Å². The largest absolute Gasteiger partial charge is 0.394 e. The van der Waals surface area contributed by atoms with Crippen LogP contribution in [-0.4, -0.2) is 99.4 Å². The Hall–Kier alpha value is -2.56. The van der Waals surface area contributed by atoms with Crippen LogP contribution in [0.1, 0.15) is 5.56 Å². The van der Waals surface area contributed by atoms with E-state index in [2.05, 4.69) is 27.6 Å². The molecule has 2 saturated heterocycles. The lowest BCUT2D eigenvalue weighted by molar-refractivity contribution is -0.158. The fourth-order valence-electron chi connectivity index (χ4n) is 4.33. The van der Waals surface area contributed by atoms with Gasteiger partial charge >= 0.3 is 0 Å². The van der Waals surface area contributed by atoms with E-state index >= 15 is 0 Å². The van der Waals surface area contributed by atoms with Crippen molar-refractivity contribution in [1.29, 1.82) is 5.26 Å². The zero-order valence-electron chi connectivity index (χ0n) is 19.4. The minimum atomic E-state index is -4.30. The van der Waals surface area contributed by atoms with Crippen LogP contribution in [0.15, 0.2) is 41.3 Å². The number of allylic oxidation sites excluding steroid dienone is 1. The summed E-state index contributed by atoms with van der Waals surface area (Å²) in [6, 6.07) is 12.1. The second-order valence-electron chi connectivity index (χ2n) is 8.96. The van der Waals surface area contributed by atoms with Crippen LogP contribution in [0.4, 0.5) is 5.69 Å². The summed E-state index contributed by atoms with van der Waals surface area (Å²) in [5.74, 6) is 0. The van der Waals surface area contributed by atoms with E-state index in [9.17, 15) is 23.9 Å². The number of likely N-dealkylation sites (N-methyl/N-ethyl adjacent to an activating group) is 1. The van der Waals surface area contributed by atoms with Crippen LogP contribution < -0.4 is 9.62 Å². The van der Waals surface area contributed by atoms with Gasteiger partial charge in [0.15, 0.2) is 4.91 Å². The van der Waals surface area contributed by atoms with Crippen molar-refractivity contribution in [2.45, 2.75) is 24.4 Å². The molecule has 2 aliphatic rings. The van der Waals surface area contributed by atoms with Gasteiger partial charge in [0.1, 0.15) is 24.4 Å². The van der Waals surface area contributed by atoms with Gasteiger partial charge in [-0.25, -0.2) is 13.1 Å². The summed E-state index contributed by atoms with van der Waals surface area (Å²) in [4.78, 5) is 4.10. The van der Waals surface area contributed by atoms with Crippen LogP contribution in [-0.2, 0) is 14.8 Å². The highest BCUT2D eigenvalue weighted by molar-refractivity contribution is 7.93. The summed E-state index contributed by atoms with van der Waals surface area (Å²) in [5, 5.41) is 40.8. The molecule has 0 bridgehead atoms. The highest BCUT2D eigenvalue weighted by Gasteiger charge is 2.40. The van der Waals surface area contributed by atoms with Gasteiger partial charge in [0.05, 0.1) is 19.3 Å². The summed E-state index contributed by atoms with van der Waals surface area (Å²) >= 11 is 0. The number of anilines is 1. The number of hydrogen-bond donors (Lipinski definition) is 4. The second-order valence-corrected chi connectivity index (χ2v) is 10.6. The number of fused-ring (bicyclic) bond motifs is 1. The van der Waals surface area contributed by atoms with E-state index in [4.69, 9.17) is 9.84 Å². The first kappa shape index (κ1) is 25.5. The van der Waals surface area contributed by atoms with Crippen LogP contribution in [0.25, 0.3) is 16.8 Å². The van der Waals surface area contributed by atoms with E-state index in [1.54, 1.807) is 12.1 Å². The normalized spacial score (nSPS) is 26.6. The summed E-state index contributed by atoms with van der Waals surface area (Å²) in [6.07, 6.45) is -2.71. The van der Waals surface area contributed by atoms with Gasteiger partial charge in [0, 0.05) is 31.9 Å². The molecule has 0 aromatic heterocycles. The Balaban J connectivity index is 1.52. The lowest BCUT2D eigenvalue weighted by Gasteiger charge is -2.36. The number of nitrogens with zero attached hydrogens (tertiary/aromatic N) is 3. The number of piperazine rings is 1. The summed E-state index contributed by atoms with van der Waals surface area (Å²) in [6.45, 7) is 3.15. The van der Waals surface area contributed by atoms with Crippen LogP contribution in [0.5, 0.6) is 0 Å². The monoisotopic (exact) mass is 502 g/mol. The minimum Gasteiger partial charge on any atom is -0.394 e. The molecule has 2 fully saturated rings. The maximum Gasteiger partial charge on any atom is 0.251 e. The van der Waals surface area contributed by atoms with E-state index in [0.29, 0.717) is 5.56 Å². The van der Waals surface area contributed by atoms with Crippen molar-refractivity contribution in [3.63, 3.8) is 0 Å². The molecule has 2 heterocycles. The fraction of sp³-hybridized carbons (Fsp3) is 0.458. The average molecular weight is 503 g/mol. The Bertz CT molecular complexity index is 1240. The van der Waals surface area contributed by atoms with Gasteiger partial charge in [-0.05, 0) is 47.7 Å². The van der Waals surface area contributed by atoms with Crippen molar-refractivity contribution in [2.75, 3.05) is 51.3 Å². The zero-order chi connectivity index (χ0) is 25.2. The molecular formula is C24H30N4O6S. The molecule has 0 spiro atoms. The van der Waals surface area contributed by atoms with Gasteiger partial charge in [0.2, 0.25) is 0 Å². The fourth-order valence-corrected chi connectivity index (χ4v) is 5.48. The molecule has 10 nitrogen and oxygen atoms in total. The average Bonchev–Trinajstić information content (AvgIpc) is 2.85. The third-order valence-corrected chi connectivity index (χ3v) is 7.93. The molecule has 0 aliphatic carbocycles. The maximum atomic E-state index is 12.8. The molecule has 0 unspecified atom stereocenters. The van der Waals surface area contributed by atoms with Crippen molar-refractivity contribution in [3.8, 4) is 6.07 Å². The van der Waals surface area contributed by atoms with E-state index in [0.717, 1.165) is 42.6 Å². The molecule has 2 aliphatic heterocycles. The predicted octanol–water partition coefficient (Wildman–Crippen LogP) is -0.143.